The van der Waals surface area contributed by atoms with Crippen LogP contribution in [-0.4, -0.2) is 76.4 Å². The first kappa shape index (κ1) is 33.8. The Morgan fingerprint density at radius 2 is 1.81 bits per heavy atom. The fraction of sp³-hybridized carbons (Fsp3) is 0.225. The number of aromatic nitrogens is 4. The molecule has 0 bridgehead atoms. The van der Waals surface area contributed by atoms with Crippen LogP contribution in [0.15, 0.2) is 85.2 Å². The van der Waals surface area contributed by atoms with Crippen LogP contribution in [0.4, 0.5) is 33.3 Å². The van der Waals surface area contributed by atoms with Gasteiger partial charge in [-0.05, 0) is 90.2 Å². The zero-order chi connectivity index (χ0) is 36.5. The summed E-state index contributed by atoms with van der Waals surface area (Å²) in [6, 6.07) is 22.8. The van der Waals surface area contributed by atoms with E-state index >= 15 is 0 Å². The molecule has 12 nitrogen and oxygen atoms in total. The second-order valence-corrected chi connectivity index (χ2v) is 13.3. The molecule has 0 spiro atoms. The first-order chi connectivity index (χ1) is 25.8. The molecule has 2 aliphatic rings. The summed E-state index contributed by atoms with van der Waals surface area (Å²) in [6.07, 6.45) is 3.78. The van der Waals surface area contributed by atoms with E-state index in [1.807, 2.05) is 12.1 Å². The highest BCUT2D eigenvalue weighted by Gasteiger charge is 2.24. The van der Waals surface area contributed by atoms with Gasteiger partial charge >= 0.3 is 0 Å². The first-order valence-electron chi connectivity index (χ1n) is 17.7. The molecular formula is C40H39FN10O2. The van der Waals surface area contributed by atoms with Crippen molar-refractivity contribution in [3.05, 3.63) is 119 Å². The summed E-state index contributed by atoms with van der Waals surface area (Å²) in [5.74, 6) is 0.213. The molecule has 0 atom stereocenters. The summed E-state index contributed by atoms with van der Waals surface area (Å²) in [7, 11) is 1.71. The number of aromatic amines is 1. The maximum absolute atomic E-state index is 14.4. The van der Waals surface area contributed by atoms with E-state index in [0.29, 0.717) is 47.2 Å². The number of anilines is 5. The van der Waals surface area contributed by atoms with Crippen LogP contribution in [0.3, 0.4) is 0 Å². The predicted octanol–water partition coefficient (Wildman–Crippen LogP) is 6.11. The number of nitrogens with one attached hydrogen (secondary N) is 5. The highest BCUT2D eigenvalue weighted by atomic mass is 19.1. The summed E-state index contributed by atoms with van der Waals surface area (Å²) in [5.41, 5.74) is 8.84. The van der Waals surface area contributed by atoms with Crippen molar-refractivity contribution in [3.63, 3.8) is 0 Å². The molecule has 6 aromatic rings. The van der Waals surface area contributed by atoms with Crippen molar-refractivity contribution < 1.29 is 14.0 Å². The van der Waals surface area contributed by atoms with Gasteiger partial charge in [-0.1, -0.05) is 18.2 Å². The minimum absolute atomic E-state index is 0.234. The topological polar surface area (TPSA) is 143 Å². The Morgan fingerprint density at radius 3 is 2.57 bits per heavy atom. The highest BCUT2D eigenvalue weighted by Crippen LogP contribution is 2.35. The molecule has 5 heterocycles. The van der Waals surface area contributed by atoms with E-state index in [0.717, 1.165) is 66.3 Å². The van der Waals surface area contributed by atoms with E-state index in [9.17, 15) is 14.0 Å². The SMILES string of the molecule is CNc1nc(Nc2ccc(N3CCN(Cc4ccc(-c5[nH]c6cc(F)cc7c6c5CCNC7=O)cc4C)CC3)cc2)ncc1C(=O)Nc1ccccn1. The van der Waals surface area contributed by atoms with E-state index in [-0.39, 0.29) is 11.8 Å². The smallest absolute Gasteiger partial charge is 0.262 e. The Labute approximate surface area is 305 Å². The number of piperazine rings is 1. The molecular weight excluding hydrogens is 672 g/mol. The Morgan fingerprint density at radius 1 is 0.981 bits per heavy atom. The average molecular weight is 711 g/mol. The minimum Gasteiger partial charge on any atom is -0.372 e. The number of H-pyrrole nitrogens is 1. The van der Waals surface area contributed by atoms with Gasteiger partial charge in [-0.2, -0.15) is 4.98 Å². The zero-order valence-electron chi connectivity index (χ0n) is 29.5. The molecule has 0 saturated carbocycles. The Bertz CT molecular complexity index is 2320. The molecule has 5 N–H and O–H groups in total. The van der Waals surface area contributed by atoms with Gasteiger partial charge in [0.1, 0.15) is 23.0 Å². The minimum atomic E-state index is -0.424. The average Bonchev–Trinajstić information content (AvgIpc) is 3.45. The number of amides is 2. The number of pyridine rings is 1. The lowest BCUT2D eigenvalue weighted by Gasteiger charge is -2.36. The molecule has 8 rings (SSSR count). The lowest BCUT2D eigenvalue weighted by atomic mass is 9.97. The number of carbonyl (C=O) groups is 2. The molecule has 2 amide bonds. The highest BCUT2D eigenvalue weighted by molar-refractivity contribution is 6.10. The van der Waals surface area contributed by atoms with Crippen molar-refractivity contribution in [2.45, 2.75) is 19.9 Å². The standard InChI is InChI=1S/C40H39FN10O2/c1-24-19-25(36-30-12-14-44-38(52)31-20-27(41)21-33(47-36)35(30)31)6-7-26(24)23-50-15-17-51(18-16-50)29-10-8-28(9-11-29)46-40-45-22-32(37(42-2)49-40)39(53)48-34-5-3-4-13-43-34/h3-11,13,19-22,47H,12,14-18,23H2,1-2H3,(H,44,52)(H,43,48,53)(H2,42,45,46,49). The van der Waals surface area contributed by atoms with E-state index in [4.69, 9.17) is 0 Å². The van der Waals surface area contributed by atoms with Gasteiger partial charge in [0.25, 0.3) is 11.8 Å². The van der Waals surface area contributed by atoms with Gasteiger partial charge in [-0.3, -0.25) is 14.5 Å². The van der Waals surface area contributed by atoms with E-state index in [2.05, 4.69) is 88.3 Å². The molecule has 268 valence electrons. The van der Waals surface area contributed by atoms with Crippen molar-refractivity contribution in [1.29, 1.82) is 0 Å². The summed E-state index contributed by atoms with van der Waals surface area (Å²) in [6.45, 7) is 7.19. The molecule has 0 aliphatic carbocycles. The summed E-state index contributed by atoms with van der Waals surface area (Å²) in [5, 5.41) is 12.7. The van der Waals surface area contributed by atoms with Crippen molar-refractivity contribution >= 4 is 51.7 Å². The summed E-state index contributed by atoms with van der Waals surface area (Å²) >= 11 is 0. The largest absolute Gasteiger partial charge is 0.372 e. The molecule has 1 saturated heterocycles. The Kier molecular flexibility index (Phi) is 9.15. The van der Waals surface area contributed by atoms with Crippen LogP contribution in [0.1, 0.15) is 37.4 Å². The molecule has 2 aliphatic heterocycles. The number of nitrogens with zero attached hydrogens (tertiary/aromatic N) is 5. The van der Waals surface area contributed by atoms with Crippen LogP contribution in [0.5, 0.6) is 0 Å². The Hall–Kier alpha value is -6.34. The third-order valence-electron chi connectivity index (χ3n) is 9.93. The third kappa shape index (κ3) is 6.98. The van der Waals surface area contributed by atoms with Gasteiger partial charge < -0.3 is 31.2 Å². The quantitative estimate of drug-likeness (QED) is 0.120. The molecule has 3 aromatic carbocycles. The third-order valence-corrected chi connectivity index (χ3v) is 9.93. The maximum Gasteiger partial charge on any atom is 0.262 e. The first-order valence-corrected chi connectivity index (χ1v) is 17.7. The van der Waals surface area contributed by atoms with Crippen LogP contribution < -0.4 is 26.2 Å². The van der Waals surface area contributed by atoms with E-state index in [1.165, 1.54) is 29.5 Å². The Balaban J connectivity index is 0.878. The normalized spacial score (nSPS) is 14.5. The number of rotatable bonds is 9. The van der Waals surface area contributed by atoms with Gasteiger partial charge in [0.15, 0.2) is 0 Å². The number of halogens is 1. The summed E-state index contributed by atoms with van der Waals surface area (Å²) < 4.78 is 14.4. The molecule has 0 radical (unpaired) electrons. The monoisotopic (exact) mass is 710 g/mol. The number of hydrogen-bond acceptors (Lipinski definition) is 9. The van der Waals surface area contributed by atoms with Crippen LogP contribution in [-0.2, 0) is 13.0 Å². The second-order valence-electron chi connectivity index (χ2n) is 13.3. The number of aryl methyl sites for hydroxylation is 1. The number of hydrogen-bond donors (Lipinski definition) is 5. The molecule has 0 unspecified atom stereocenters. The van der Waals surface area contributed by atoms with Crippen molar-refractivity contribution in [2.75, 3.05) is 60.6 Å². The van der Waals surface area contributed by atoms with Gasteiger partial charge in [0, 0.05) is 86.7 Å². The molecule has 1 fully saturated rings. The van der Waals surface area contributed by atoms with Gasteiger partial charge in [0.2, 0.25) is 5.95 Å². The molecule has 53 heavy (non-hydrogen) atoms. The van der Waals surface area contributed by atoms with Crippen molar-refractivity contribution in [3.8, 4) is 11.3 Å². The molecule has 13 heteroatoms. The van der Waals surface area contributed by atoms with Crippen LogP contribution in [0.25, 0.3) is 22.2 Å². The van der Waals surface area contributed by atoms with Crippen LogP contribution in [0.2, 0.25) is 0 Å². The number of benzene rings is 3. The zero-order valence-corrected chi connectivity index (χ0v) is 29.5. The fourth-order valence-electron chi connectivity index (χ4n) is 7.18. The van der Waals surface area contributed by atoms with Crippen LogP contribution in [0, 0.1) is 12.7 Å². The molecule has 3 aromatic heterocycles. The summed E-state index contributed by atoms with van der Waals surface area (Å²) in [4.78, 5) is 46.7. The fourth-order valence-corrected chi connectivity index (χ4v) is 7.18. The van der Waals surface area contributed by atoms with Crippen molar-refractivity contribution in [1.82, 2.24) is 30.2 Å². The lowest BCUT2D eigenvalue weighted by Crippen LogP contribution is -2.46. The van der Waals surface area contributed by atoms with Gasteiger partial charge in [-0.15, -0.1) is 0 Å². The predicted molar refractivity (Wildman–Crippen MR) is 205 cm³/mol. The van der Waals surface area contributed by atoms with Crippen molar-refractivity contribution in [2.24, 2.45) is 0 Å². The lowest BCUT2D eigenvalue weighted by molar-refractivity contribution is 0.0955. The number of carbonyl (C=O) groups excluding carboxylic acids is 2. The second kappa shape index (κ2) is 14.4. The van der Waals surface area contributed by atoms with E-state index < -0.39 is 5.82 Å². The van der Waals surface area contributed by atoms with Crippen LogP contribution >= 0.6 is 0 Å². The van der Waals surface area contributed by atoms with Gasteiger partial charge in [-0.25, -0.2) is 14.4 Å². The maximum atomic E-state index is 14.4. The van der Waals surface area contributed by atoms with Gasteiger partial charge in [0.05, 0.1) is 5.56 Å². The van der Waals surface area contributed by atoms with E-state index in [1.54, 1.807) is 31.4 Å².